The van der Waals surface area contributed by atoms with Gasteiger partial charge in [-0.05, 0) is 107 Å². The maximum atomic E-state index is 15.7. The minimum Gasteiger partial charge on any atom is -0.492 e. The molecule has 0 aliphatic heterocycles. The van der Waals surface area contributed by atoms with Crippen LogP contribution in [0.4, 0.5) is 36.4 Å². The van der Waals surface area contributed by atoms with E-state index in [0.29, 0.717) is 23.8 Å². The van der Waals surface area contributed by atoms with E-state index in [1.54, 1.807) is 6.92 Å². The maximum Gasteiger partial charge on any atom is 0.416 e. The molecule has 0 spiro atoms. The second kappa shape index (κ2) is 16.3. The number of carboxylic acid groups (broad SMARTS) is 1. The average Bonchev–Trinajstić information content (AvgIpc) is 4.08. The number of nitrogens with zero attached hydrogens (tertiary/aromatic N) is 2. The van der Waals surface area contributed by atoms with Gasteiger partial charge in [0, 0.05) is 17.7 Å². The summed E-state index contributed by atoms with van der Waals surface area (Å²) < 4.78 is 137. The van der Waals surface area contributed by atoms with Crippen LogP contribution in [0.15, 0.2) is 70.5 Å². The molecule has 0 aromatic heterocycles. The number of benzene rings is 4. The lowest BCUT2D eigenvalue weighted by Crippen LogP contribution is -2.43. The smallest absolute Gasteiger partial charge is 0.416 e. The molecule has 1 N–H and O–H groups in total. The van der Waals surface area contributed by atoms with Crippen LogP contribution in [-0.4, -0.2) is 42.9 Å². The standard InChI is InChI=1S/C40H34BrF7N2O6S/c1-3-27-35(43)34(41)38(37(45)36(27)44)57(54,55)49(19-28-29(40(46,47)48)6-5-7-30(28)42)20-33(51)50(31-13-12-24(39(52)53)17-32(31)56-4-2)18-21-14-25(22-8-9-22)16-26(15-21)23-10-11-23/h3,5-7,12-17,22-23H,1,4,8-11,18-20H2,2H3,(H,52,53). The topological polar surface area (TPSA) is 104 Å². The highest BCUT2D eigenvalue weighted by atomic mass is 79.9. The summed E-state index contributed by atoms with van der Waals surface area (Å²) in [6.07, 6.45) is -0.934. The number of amides is 1. The van der Waals surface area contributed by atoms with Crippen LogP contribution in [-0.2, 0) is 34.1 Å². The molecular weight excluding hydrogens is 849 g/mol. The molecule has 0 heterocycles. The first kappa shape index (κ1) is 41.9. The van der Waals surface area contributed by atoms with Gasteiger partial charge >= 0.3 is 12.1 Å². The Morgan fingerprint density at radius 2 is 1.56 bits per heavy atom. The second-order valence-corrected chi connectivity index (χ2v) is 16.4. The van der Waals surface area contributed by atoms with Gasteiger partial charge < -0.3 is 14.7 Å². The zero-order valence-corrected chi connectivity index (χ0v) is 32.5. The summed E-state index contributed by atoms with van der Waals surface area (Å²) in [5.41, 5.74) is -1.69. The SMILES string of the molecule is C=Cc1c(F)c(F)c(S(=O)(=O)N(CC(=O)N(Cc2cc(C3CC3)cc(C3CC3)c2)c2ccc(C(=O)O)cc2OCC)Cc2c(F)cccc2C(F)(F)F)c(Br)c1F. The van der Waals surface area contributed by atoms with Crippen molar-refractivity contribution >= 4 is 49.6 Å². The molecule has 4 aromatic carbocycles. The van der Waals surface area contributed by atoms with E-state index in [4.69, 9.17) is 4.74 Å². The molecule has 302 valence electrons. The molecule has 6 rings (SSSR count). The molecule has 0 saturated heterocycles. The summed E-state index contributed by atoms with van der Waals surface area (Å²) in [6.45, 7) is 1.44. The molecule has 0 radical (unpaired) electrons. The third-order valence-electron chi connectivity index (χ3n) is 9.70. The third kappa shape index (κ3) is 8.75. The summed E-state index contributed by atoms with van der Waals surface area (Å²) in [5, 5.41) is 9.69. The zero-order chi connectivity index (χ0) is 41.6. The van der Waals surface area contributed by atoms with Gasteiger partial charge in [0.15, 0.2) is 11.6 Å². The van der Waals surface area contributed by atoms with Gasteiger partial charge in [0.1, 0.15) is 22.3 Å². The Morgan fingerprint density at radius 1 is 0.930 bits per heavy atom. The van der Waals surface area contributed by atoms with Crippen molar-refractivity contribution in [2.75, 3.05) is 18.1 Å². The van der Waals surface area contributed by atoms with Crippen molar-refractivity contribution in [3.05, 3.63) is 128 Å². The Bertz CT molecular complexity index is 2320. The van der Waals surface area contributed by atoms with Crippen molar-refractivity contribution in [1.82, 2.24) is 4.31 Å². The number of carboxylic acids is 1. The molecule has 2 saturated carbocycles. The minimum atomic E-state index is -5.74. The predicted octanol–water partition coefficient (Wildman–Crippen LogP) is 9.94. The number of anilines is 1. The largest absolute Gasteiger partial charge is 0.492 e. The van der Waals surface area contributed by atoms with Crippen molar-refractivity contribution in [1.29, 1.82) is 0 Å². The number of aromatic carboxylic acids is 1. The fourth-order valence-electron chi connectivity index (χ4n) is 6.56. The Morgan fingerprint density at radius 3 is 2.11 bits per heavy atom. The van der Waals surface area contributed by atoms with Crippen molar-refractivity contribution in [3.8, 4) is 5.75 Å². The first-order chi connectivity index (χ1) is 26.9. The minimum absolute atomic E-state index is 0.00611. The van der Waals surface area contributed by atoms with E-state index < -0.39 is 90.5 Å². The molecule has 8 nitrogen and oxygen atoms in total. The van der Waals surface area contributed by atoms with Crippen LogP contribution in [0.3, 0.4) is 0 Å². The van der Waals surface area contributed by atoms with Crippen LogP contribution >= 0.6 is 15.9 Å². The summed E-state index contributed by atoms with van der Waals surface area (Å²) in [6, 6.07) is 11.1. The highest BCUT2D eigenvalue weighted by Gasteiger charge is 2.41. The zero-order valence-electron chi connectivity index (χ0n) is 30.1. The van der Waals surface area contributed by atoms with Crippen molar-refractivity contribution in [2.45, 2.75) is 68.6 Å². The van der Waals surface area contributed by atoms with Crippen LogP contribution in [0.25, 0.3) is 6.08 Å². The van der Waals surface area contributed by atoms with Crippen LogP contribution in [0.1, 0.15) is 88.2 Å². The lowest BCUT2D eigenvalue weighted by molar-refractivity contribution is -0.138. The van der Waals surface area contributed by atoms with Gasteiger partial charge in [-0.1, -0.05) is 36.9 Å². The number of halogens is 8. The Hall–Kier alpha value is -4.74. The van der Waals surface area contributed by atoms with E-state index in [1.807, 2.05) is 12.1 Å². The number of hydrogen-bond acceptors (Lipinski definition) is 5. The van der Waals surface area contributed by atoms with Crippen molar-refractivity contribution in [2.24, 2.45) is 0 Å². The number of alkyl halides is 3. The molecule has 17 heteroatoms. The van der Waals surface area contributed by atoms with Gasteiger partial charge in [0.05, 0.1) is 41.0 Å². The molecule has 57 heavy (non-hydrogen) atoms. The van der Waals surface area contributed by atoms with E-state index in [0.717, 1.165) is 59.9 Å². The van der Waals surface area contributed by atoms with Gasteiger partial charge in [-0.2, -0.15) is 17.5 Å². The van der Waals surface area contributed by atoms with Crippen LogP contribution < -0.4 is 9.64 Å². The quantitative estimate of drug-likeness (QED) is 0.0942. The van der Waals surface area contributed by atoms with Gasteiger partial charge in [-0.15, -0.1) is 0 Å². The highest BCUT2D eigenvalue weighted by molar-refractivity contribution is 9.10. The molecule has 1 amide bonds. The molecule has 4 aromatic rings. The monoisotopic (exact) mass is 882 g/mol. The van der Waals surface area contributed by atoms with E-state index in [2.05, 4.69) is 28.6 Å². The number of sulfonamides is 1. The van der Waals surface area contributed by atoms with Gasteiger partial charge in [0.25, 0.3) is 0 Å². The van der Waals surface area contributed by atoms with Gasteiger partial charge in [-0.3, -0.25) is 4.79 Å². The Labute approximate surface area is 331 Å². The normalized spacial score (nSPS) is 14.5. The molecular formula is C40H34BrF7N2O6S. The summed E-state index contributed by atoms with van der Waals surface area (Å²) >= 11 is 2.63. The molecule has 2 aliphatic rings. The number of carbonyl (C=O) groups excluding carboxylic acids is 1. The predicted molar refractivity (Wildman–Crippen MR) is 199 cm³/mol. The van der Waals surface area contributed by atoms with Crippen molar-refractivity contribution < 1.29 is 58.6 Å². The first-order valence-corrected chi connectivity index (χ1v) is 19.9. The fourth-order valence-corrected chi connectivity index (χ4v) is 9.03. The maximum absolute atomic E-state index is 15.7. The molecule has 0 bridgehead atoms. The van der Waals surface area contributed by atoms with Crippen molar-refractivity contribution in [3.63, 3.8) is 0 Å². The van der Waals surface area contributed by atoms with E-state index in [9.17, 15) is 36.3 Å². The first-order valence-electron chi connectivity index (χ1n) is 17.6. The lowest BCUT2D eigenvalue weighted by Gasteiger charge is -2.30. The molecule has 2 fully saturated rings. The molecule has 0 unspecified atom stereocenters. The summed E-state index contributed by atoms with van der Waals surface area (Å²) in [5.74, 6) is -9.43. The highest BCUT2D eigenvalue weighted by Crippen LogP contribution is 2.46. The number of hydrogen-bond donors (Lipinski definition) is 1. The Kier molecular flexibility index (Phi) is 11.9. The van der Waals surface area contributed by atoms with Gasteiger partial charge in [-0.25, -0.2) is 30.8 Å². The van der Waals surface area contributed by atoms with Crippen LogP contribution in [0.5, 0.6) is 5.75 Å². The average molecular weight is 884 g/mol. The van der Waals surface area contributed by atoms with E-state index in [-0.39, 0.29) is 46.3 Å². The van der Waals surface area contributed by atoms with E-state index >= 15 is 17.6 Å². The Balaban J connectivity index is 1.53. The summed E-state index contributed by atoms with van der Waals surface area (Å²) in [4.78, 5) is 25.9. The lowest BCUT2D eigenvalue weighted by atomic mass is 9.99. The van der Waals surface area contributed by atoms with Gasteiger partial charge in [0.2, 0.25) is 15.9 Å². The molecule has 0 atom stereocenters. The molecule has 2 aliphatic carbocycles. The number of ether oxygens (including phenoxy) is 1. The van der Waals surface area contributed by atoms with Crippen LogP contribution in [0, 0.1) is 23.3 Å². The number of rotatable bonds is 15. The fraction of sp³-hybridized carbons (Fsp3) is 0.300. The second-order valence-electron chi connectivity index (χ2n) is 13.7. The van der Waals surface area contributed by atoms with E-state index in [1.165, 1.54) is 6.07 Å². The summed E-state index contributed by atoms with van der Waals surface area (Å²) in [7, 11) is -5.74. The van der Waals surface area contributed by atoms with Crippen LogP contribution in [0.2, 0.25) is 0 Å². The number of carbonyl (C=O) groups is 2. The third-order valence-corrected chi connectivity index (χ3v) is 12.5.